The average Bonchev–Trinajstić information content (AvgIpc) is 2.46. The molecule has 0 saturated carbocycles. The third-order valence-electron chi connectivity index (χ3n) is 2.51. The van der Waals surface area contributed by atoms with Crippen molar-refractivity contribution in [1.29, 1.82) is 0 Å². The molecule has 1 aromatic carbocycles. The SMILES string of the molecule is O=C(NCCOCCO)c1cccc2nccnc12. The van der Waals surface area contributed by atoms with E-state index in [1.54, 1.807) is 24.5 Å². The van der Waals surface area contributed by atoms with Crippen LogP contribution in [0.15, 0.2) is 30.6 Å². The molecule has 0 atom stereocenters. The van der Waals surface area contributed by atoms with Crippen molar-refractivity contribution in [3.8, 4) is 0 Å². The van der Waals surface area contributed by atoms with Crippen LogP contribution in [0.4, 0.5) is 0 Å². The number of para-hydroxylation sites is 1. The van der Waals surface area contributed by atoms with Gasteiger partial charge in [0.05, 0.1) is 30.9 Å². The molecule has 0 bridgehead atoms. The highest BCUT2D eigenvalue weighted by Crippen LogP contribution is 2.13. The van der Waals surface area contributed by atoms with Crippen molar-refractivity contribution in [3.05, 3.63) is 36.2 Å². The number of hydrogen-bond donors (Lipinski definition) is 2. The quantitative estimate of drug-likeness (QED) is 0.734. The van der Waals surface area contributed by atoms with Crippen LogP contribution in [0.3, 0.4) is 0 Å². The molecule has 6 nitrogen and oxygen atoms in total. The fourth-order valence-corrected chi connectivity index (χ4v) is 1.67. The number of amides is 1. The molecule has 6 heteroatoms. The van der Waals surface area contributed by atoms with Gasteiger partial charge in [0.25, 0.3) is 5.91 Å². The molecule has 0 radical (unpaired) electrons. The van der Waals surface area contributed by atoms with Crippen molar-refractivity contribution in [2.24, 2.45) is 0 Å². The predicted molar refractivity (Wildman–Crippen MR) is 69.8 cm³/mol. The van der Waals surface area contributed by atoms with Gasteiger partial charge in [-0.1, -0.05) is 6.07 Å². The third kappa shape index (κ3) is 3.46. The van der Waals surface area contributed by atoms with Crippen molar-refractivity contribution >= 4 is 16.9 Å². The van der Waals surface area contributed by atoms with Gasteiger partial charge in [-0.25, -0.2) is 0 Å². The molecular formula is C13H15N3O3. The van der Waals surface area contributed by atoms with E-state index in [-0.39, 0.29) is 19.1 Å². The van der Waals surface area contributed by atoms with E-state index >= 15 is 0 Å². The van der Waals surface area contributed by atoms with Crippen LogP contribution in [-0.4, -0.2) is 47.3 Å². The lowest BCUT2D eigenvalue weighted by molar-refractivity contribution is 0.0839. The van der Waals surface area contributed by atoms with Gasteiger partial charge < -0.3 is 15.2 Å². The number of nitrogens with one attached hydrogen (secondary N) is 1. The van der Waals surface area contributed by atoms with Crippen LogP contribution >= 0.6 is 0 Å². The summed E-state index contributed by atoms with van der Waals surface area (Å²) in [4.78, 5) is 20.3. The molecule has 2 aromatic rings. The molecule has 2 rings (SSSR count). The molecule has 0 aliphatic carbocycles. The van der Waals surface area contributed by atoms with Crippen LogP contribution in [-0.2, 0) is 4.74 Å². The number of ether oxygens (including phenoxy) is 1. The first-order valence-corrected chi connectivity index (χ1v) is 5.99. The predicted octanol–water partition coefficient (Wildman–Crippen LogP) is 0.368. The van der Waals surface area contributed by atoms with E-state index in [9.17, 15) is 4.79 Å². The number of aromatic nitrogens is 2. The molecule has 100 valence electrons. The average molecular weight is 261 g/mol. The van der Waals surface area contributed by atoms with Crippen molar-refractivity contribution < 1.29 is 14.6 Å². The maximum Gasteiger partial charge on any atom is 0.253 e. The molecule has 0 spiro atoms. The second-order valence-electron chi connectivity index (χ2n) is 3.82. The fourth-order valence-electron chi connectivity index (χ4n) is 1.67. The number of nitrogens with zero attached hydrogens (tertiary/aromatic N) is 2. The topological polar surface area (TPSA) is 84.3 Å². The summed E-state index contributed by atoms with van der Waals surface area (Å²) in [6.07, 6.45) is 3.15. The summed E-state index contributed by atoms with van der Waals surface area (Å²) in [6, 6.07) is 5.29. The Labute approximate surface area is 110 Å². The Morgan fingerprint density at radius 1 is 1.26 bits per heavy atom. The summed E-state index contributed by atoms with van der Waals surface area (Å²) in [5.41, 5.74) is 1.76. The van der Waals surface area contributed by atoms with Gasteiger partial charge in [-0.3, -0.25) is 14.8 Å². The Kier molecular flexibility index (Phi) is 4.77. The molecule has 0 aliphatic heterocycles. The minimum atomic E-state index is -0.210. The van der Waals surface area contributed by atoms with Gasteiger partial charge in [-0.15, -0.1) is 0 Å². The Balaban J connectivity index is 2.01. The Bertz CT molecular complexity index is 554. The normalized spacial score (nSPS) is 10.6. The van der Waals surface area contributed by atoms with Crippen LogP contribution in [0.25, 0.3) is 11.0 Å². The summed E-state index contributed by atoms with van der Waals surface area (Å²) in [6.45, 7) is 1.00. The number of aliphatic hydroxyl groups is 1. The monoisotopic (exact) mass is 261 g/mol. The van der Waals surface area contributed by atoms with Crippen LogP contribution < -0.4 is 5.32 Å². The number of carbonyl (C=O) groups excluding carboxylic acids is 1. The van der Waals surface area contributed by atoms with Gasteiger partial charge in [-0.2, -0.15) is 0 Å². The summed E-state index contributed by atoms with van der Waals surface area (Å²) >= 11 is 0. The van der Waals surface area contributed by atoms with E-state index in [4.69, 9.17) is 9.84 Å². The smallest absolute Gasteiger partial charge is 0.253 e. The first-order chi connectivity index (χ1) is 9.33. The fraction of sp³-hybridized carbons (Fsp3) is 0.308. The standard InChI is InChI=1S/C13H15N3O3/c17-7-9-19-8-6-16-13(18)10-2-1-3-11-12(10)15-5-4-14-11/h1-5,17H,6-9H2,(H,16,18). The van der Waals surface area contributed by atoms with Crippen LogP contribution in [0.1, 0.15) is 10.4 Å². The molecule has 2 N–H and O–H groups in total. The molecule has 0 fully saturated rings. The molecule has 1 heterocycles. The number of hydrogen-bond acceptors (Lipinski definition) is 5. The van der Waals surface area contributed by atoms with Gasteiger partial charge >= 0.3 is 0 Å². The number of aliphatic hydroxyl groups excluding tert-OH is 1. The second kappa shape index (κ2) is 6.77. The van der Waals surface area contributed by atoms with Gasteiger partial charge in [0.15, 0.2) is 0 Å². The highest BCUT2D eigenvalue weighted by atomic mass is 16.5. The van der Waals surface area contributed by atoms with E-state index in [0.29, 0.717) is 29.7 Å². The third-order valence-corrected chi connectivity index (χ3v) is 2.51. The maximum atomic E-state index is 12.0. The first kappa shape index (κ1) is 13.4. The lowest BCUT2D eigenvalue weighted by Gasteiger charge is -2.07. The zero-order chi connectivity index (χ0) is 13.5. The number of fused-ring (bicyclic) bond motifs is 1. The number of rotatable bonds is 6. The Morgan fingerprint density at radius 2 is 2.11 bits per heavy atom. The van der Waals surface area contributed by atoms with Gasteiger partial charge in [0, 0.05) is 18.9 Å². The van der Waals surface area contributed by atoms with E-state index in [0.717, 1.165) is 0 Å². The van der Waals surface area contributed by atoms with Gasteiger partial charge in [0.2, 0.25) is 0 Å². The van der Waals surface area contributed by atoms with Gasteiger partial charge in [-0.05, 0) is 12.1 Å². The maximum absolute atomic E-state index is 12.0. The largest absolute Gasteiger partial charge is 0.394 e. The lowest BCUT2D eigenvalue weighted by atomic mass is 10.1. The van der Waals surface area contributed by atoms with Crippen molar-refractivity contribution in [1.82, 2.24) is 15.3 Å². The van der Waals surface area contributed by atoms with Crippen LogP contribution in [0.2, 0.25) is 0 Å². The van der Waals surface area contributed by atoms with E-state index in [1.165, 1.54) is 0 Å². The number of carbonyl (C=O) groups is 1. The Morgan fingerprint density at radius 3 is 2.95 bits per heavy atom. The second-order valence-corrected chi connectivity index (χ2v) is 3.82. The first-order valence-electron chi connectivity index (χ1n) is 5.99. The summed E-state index contributed by atoms with van der Waals surface area (Å²) in [5, 5.41) is 11.3. The highest BCUT2D eigenvalue weighted by molar-refractivity contribution is 6.04. The van der Waals surface area contributed by atoms with Gasteiger partial charge in [0.1, 0.15) is 5.52 Å². The summed E-state index contributed by atoms with van der Waals surface area (Å²) < 4.78 is 5.06. The molecule has 0 unspecified atom stereocenters. The molecule has 0 aliphatic rings. The summed E-state index contributed by atoms with van der Waals surface area (Å²) in [7, 11) is 0. The van der Waals surface area contributed by atoms with Crippen molar-refractivity contribution in [3.63, 3.8) is 0 Å². The molecule has 1 aromatic heterocycles. The van der Waals surface area contributed by atoms with E-state index in [1.807, 2.05) is 6.07 Å². The lowest BCUT2D eigenvalue weighted by Crippen LogP contribution is -2.27. The summed E-state index contributed by atoms with van der Waals surface area (Å²) in [5.74, 6) is -0.210. The van der Waals surface area contributed by atoms with Crippen molar-refractivity contribution in [2.75, 3.05) is 26.4 Å². The zero-order valence-electron chi connectivity index (χ0n) is 10.4. The van der Waals surface area contributed by atoms with E-state index < -0.39 is 0 Å². The minimum Gasteiger partial charge on any atom is -0.394 e. The molecule has 19 heavy (non-hydrogen) atoms. The Hall–Kier alpha value is -2.05. The molecule has 1 amide bonds. The zero-order valence-corrected chi connectivity index (χ0v) is 10.4. The highest BCUT2D eigenvalue weighted by Gasteiger charge is 2.10. The van der Waals surface area contributed by atoms with E-state index in [2.05, 4.69) is 15.3 Å². The minimum absolute atomic E-state index is 0.0210. The number of benzene rings is 1. The molecular weight excluding hydrogens is 246 g/mol. The molecule has 0 saturated heterocycles. The van der Waals surface area contributed by atoms with Crippen LogP contribution in [0.5, 0.6) is 0 Å². The van der Waals surface area contributed by atoms with Crippen LogP contribution in [0, 0.1) is 0 Å². The van der Waals surface area contributed by atoms with Crippen molar-refractivity contribution in [2.45, 2.75) is 0 Å².